The van der Waals surface area contributed by atoms with Crippen LogP contribution < -0.4 is 10.6 Å². The van der Waals surface area contributed by atoms with Gasteiger partial charge in [-0.1, -0.05) is 0 Å². The third-order valence-corrected chi connectivity index (χ3v) is 3.68. The van der Waals surface area contributed by atoms with Gasteiger partial charge < -0.3 is 10.6 Å². The number of benzene rings is 1. The maximum absolute atomic E-state index is 3.53. The van der Waals surface area contributed by atoms with Gasteiger partial charge in [0.2, 0.25) is 0 Å². The lowest BCUT2D eigenvalue weighted by Gasteiger charge is -2.19. The summed E-state index contributed by atoms with van der Waals surface area (Å²) in [6, 6.07) is 0. The number of likely N-dealkylation sites (N-methyl/N-ethyl adjacent to an activating group) is 1. The van der Waals surface area contributed by atoms with Gasteiger partial charge in [-0.05, 0) is 69.5 Å². The van der Waals surface area contributed by atoms with Crippen molar-refractivity contribution in [1.82, 2.24) is 5.32 Å². The summed E-state index contributed by atoms with van der Waals surface area (Å²) in [5.74, 6) is 0. The molecule has 1 aromatic carbocycles. The molecule has 0 atom stereocenters. The van der Waals surface area contributed by atoms with E-state index in [0.717, 1.165) is 13.1 Å². The highest BCUT2D eigenvalue weighted by Crippen LogP contribution is 2.29. The normalized spacial score (nSPS) is 10.6. The fraction of sp³-hybridized carbons (Fsp3) is 0.571. The molecule has 0 spiro atoms. The second-order valence-electron chi connectivity index (χ2n) is 4.53. The Hall–Kier alpha value is -1.02. The zero-order valence-electron chi connectivity index (χ0n) is 11.4. The second kappa shape index (κ2) is 5.35. The van der Waals surface area contributed by atoms with Crippen LogP contribution in [-0.4, -0.2) is 20.1 Å². The molecule has 0 heterocycles. The largest absolute Gasteiger partial charge is 0.383 e. The molecule has 16 heavy (non-hydrogen) atoms. The van der Waals surface area contributed by atoms with Crippen molar-refractivity contribution in [3.63, 3.8) is 0 Å². The standard InChI is InChI=1S/C14H24N2/c1-9-10(2)12(4)14(13(5)11(9)3)16-8-7-15-6/h15-16H,7-8H2,1-6H3. The van der Waals surface area contributed by atoms with Crippen molar-refractivity contribution < 1.29 is 0 Å². The van der Waals surface area contributed by atoms with E-state index >= 15 is 0 Å². The fourth-order valence-electron chi connectivity index (χ4n) is 2.08. The van der Waals surface area contributed by atoms with Crippen LogP contribution in [0, 0.1) is 34.6 Å². The van der Waals surface area contributed by atoms with Crippen molar-refractivity contribution in [2.45, 2.75) is 34.6 Å². The molecule has 1 aromatic rings. The predicted octanol–water partition coefficient (Wildman–Crippen LogP) is 2.86. The van der Waals surface area contributed by atoms with Crippen LogP contribution in [0.25, 0.3) is 0 Å². The molecule has 0 bridgehead atoms. The van der Waals surface area contributed by atoms with Gasteiger partial charge in [-0.3, -0.25) is 0 Å². The first-order valence-corrected chi connectivity index (χ1v) is 5.96. The SMILES string of the molecule is CNCCNc1c(C)c(C)c(C)c(C)c1C. The van der Waals surface area contributed by atoms with Gasteiger partial charge in [0.15, 0.2) is 0 Å². The van der Waals surface area contributed by atoms with E-state index in [1.165, 1.54) is 33.5 Å². The highest BCUT2D eigenvalue weighted by Gasteiger charge is 2.11. The minimum Gasteiger partial charge on any atom is -0.383 e. The predicted molar refractivity (Wildman–Crippen MR) is 72.5 cm³/mol. The number of hydrogen-bond acceptors (Lipinski definition) is 2. The first-order chi connectivity index (χ1) is 7.50. The molecular weight excluding hydrogens is 196 g/mol. The lowest BCUT2D eigenvalue weighted by molar-refractivity contribution is 0.822. The Balaban J connectivity index is 3.08. The maximum atomic E-state index is 3.53. The van der Waals surface area contributed by atoms with Gasteiger partial charge in [-0.15, -0.1) is 0 Å². The summed E-state index contributed by atoms with van der Waals surface area (Å²) in [5.41, 5.74) is 8.34. The number of anilines is 1. The first kappa shape index (κ1) is 13.0. The van der Waals surface area contributed by atoms with E-state index < -0.39 is 0 Å². The average Bonchev–Trinajstić information content (AvgIpc) is 2.28. The summed E-state index contributed by atoms with van der Waals surface area (Å²) in [4.78, 5) is 0. The zero-order chi connectivity index (χ0) is 12.3. The van der Waals surface area contributed by atoms with Crippen molar-refractivity contribution in [3.05, 3.63) is 27.8 Å². The molecule has 0 aliphatic rings. The molecule has 90 valence electrons. The average molecular weight is 220 g/mol. The molecule has 0 fully saturated rings. The highest BCUT2D eigenvalue weighted by atomic mass is 14.9. The van der Waals surface area contributed by atoms with Crippen LogP contribution >= 0.6 is 0 Å². The molecule has 0 aliphatic carbocycles. The van der Waals surface area contributed by atoms with E-state index in [2.05, 4.69) is 45.3 Å². The van der Waals surface area contributed by atoms with E-state index in [9.17, 15) is 0 Å². The molecule has 0 amide bonds. The molecule has 2 nitrogen and oxygen atoms in total. The van der Waals surface area contributed by atoms with Crippen LogP contribution in [0.2, 0.25) is 0 Å². The van der Waals surface area contributed by atoms with E-state index in [4.69, 9.17) is 0 Å². The quantitative estimate of drug-likeness (QED) is 0.762. The topological polar surface area (TPSA) is 24.1 Å². The Morgan fingerprint density at radius 1 is 0.688 bits per heavy atom. The lowest BCUT2D eigenvalue weighted by atomic mass is 9.93. The van der Waals surface area contributed by atoms with Crippen LogP contribution in [0.4, 0.5) is 5.69 Å². The molecule has 0 aliphatic heterocycles. The van der Waals surface area contributed by atoms with Crippen LogP contribution in [0.5, 0.6) is 0 Å². The van der Waals surface area contributed by atoms with E-state index in [1.807, 2.05) is 7.05 Å². The minimum absolute atomic E-state index is 0.972. The summed E-state index contributed by atoms with van der Waals surface area (Å²) < 4.78 is 0. The molecule has 0 saturated heterocycles. The van der Waals surface area contributed by atoms with Crippen molar-refractivity contribution >= 4 is 5.69 Å². The molecule has 2 N–H and O–H groups in total. The molecular formula is C14H24N2. The second-order valence-corrected chi connectivity index (χ2v) is 4.53. The first-order valence-electron chi connectivity index (χ1n) is 5.96. The zero-order valence-corrected chi connectivity index (χ0v) is 11.4. The summed E-state index contributed by atoms with van der Waals surface area (Å²) in [5, 5.41) is 6.68. The maximum Gasteiger partial charge on any atom is 0.0405 e. The molecule has 0 aromatic heterocycles. The summed E-state index contributed by atoms with van der Waals surface area (Å²) >= 11 is 0. The van der Waals surface area contributed by atoms with Crippen LogP contribution in [0.1, 0.15) is 27.8 Å². The van der Waals surface area contributed by atoms with E-state index in [-0.39, 0.29) is 0 Å². The third-order valence-electron chi connectivity index (χ3n) is 3.68. The van der Waals surface area contributed by atoms with Crippen molar-refractivity contribution in [2.24, 2.45) is 0 Å². The van der Waals surface area contributed by atoms with Crippen LogP contribution in [0.15, 0.2) is 0 Å². The Kier molecular flexibility index (Phi) is 4.36. The summed E-state index contributed by atoms with van der Waals surface area (Å²) in [6.45, 7) is 13.0. The van der Waals surface area contributed by atoms with Gasteiger partial charge in [0.25, 0.3) is 0 Å². The highest BCUT2D eigenvalue weighted by molar-refractivity contribution is 5.64. The molecule has 1 rings (SSSR count). The fourth-order valence-corrected chi connectivity index (χ4v) is 2.08. The van der Waals surface area contributed by atoms with Crippen molar-refractivity contribution in [3.8, 4) is 0 Å². The monoisotopic (exact) mass is 220 g/mol. The van der Waals surface area contributed by atoms with Crippen molar-refractivity contribution in [1.29, 1.82) is 0 Å². The van der Waals surface area contributed by atoms with Crippen LogP contribution in [-0.2, 0) is 0 Å². The van der Waals surface area contributed by atoms with Gasteiger partial charge in [-0.2, -0.15) is 0 Å². The Morgan fingerprint density at radius 2 is 1.12 bits per heavy atom. The lowest BCUT2D eigenvalue weighted by Crippen LogP contribution is -2.19. The molecule has 2 heteroatoms. The minimum atomic E-state index is 0.972. The van der Waals surface area contributed by atoms with E-state index in [0.29, 0.717) is 0 Å². The molecule has 0 saturated carbocycles. The van der Waals surface area contributed by atoms with Crippen molar-refractivity contribution in [2.75, 3.05) is 25.5 Å². The van der Waals surface area contributed by atoms with Gasteiger partial charge in [0.1, 0.15) is 0 Å². The summed E-state index contributed by atoms with van der Waals surface area (Å²) in [6.07, 6.45) is 0. The number of nitrogens with one attached hydrogen (secondary N) is 2. The molecule has 0 radical (unpaired) electrons. The molecule has 0 unspecified atom stereocenters. The smallest absolute Gasteiger partial charge is 0.0405 e. The Morgan fingerprint density at radius 3 is 1.56 bits per heavy atom. The number of rotatable bonds is 4. The van der Waals surface area contributed by atoms with Gasteiger partial charge in [0, 0.05) is 18.8 Å². The van der Waals surface area contributed by atoms with E-state index in [1.54, 1.807) is 0 Å². The van der Waals surface area contributed by atoms with Gasteiger partial charge in [0.05, 0.1) is 0 Å². The third kappa shape index (κ3) is 2.38. The van der Waals surface area contributed by atoms with Gasteiger partial charge >= 0.3 is 0 Å². The number of hydrogen-bond donors (Lipinski definition) is 2. The van der Waals surface area contributed by atoms with Gasteiger partial charge in [-0.25, -0.2) is 0 Å². The Labute approximate surface area is 99.5 Å². The van der Waals surface area contributed by atoms with Crippen LogP contribution in [0.3, 0.4) is 0 Å². The summed E-state index contributed by atoms with van der Waals surface area (Å²) in [7, 11) is 1.98. The Bertz CT molecular complexity index is 352.